The molecule has 0 unspecified atom stereocenters. The van der Waals surface area contributed by atoms with E-state index in [1.165, 1.54) is 6.42 Å². The average molecular weight is 174 g/mol. The number of thioether (sulfide) groups is 1. The van der Waals surface area contributed by atoms with E-state index in [4.69, 9.17) is 0 Å². The second-order valence-corrected chi connectivity index (χ2v) is 5.50. The van der Waals surface area contributed by atoms with Gasteiger partial charge in [0.2, 0.25) is 0 Å². The summed E-state index contributed by atoms with van der Waals surface area (Å²) in [4.78, 5) is 0. The third-order valence-electron chi connectivity index (χ3n) is 3.66. The molecule has 2 bridgehead atoms. The van der Waals surface area contributed by atoms with Gasteiger partial charge in [-0.3, -0.25) is 0 Å². The minimum Gasteiger partial charge on any atom is -0.152 e. The van der Waals surface area contributed by atoms with Gasteiger partial charge in [-0.2, -0.15) is 11.8 Å². The fourth-order valence-electron chi connectivity index (χ4n) is 3.12. The van der Waals surface area contributed by atoms with Crippen LogP contribution in [-0.2, 0) is 0 Å². The molecule has 2 fully saturated rings. The zero-order valence-corrected chi connectivity index (χ0v) is 7.55. The van der Waals surface area contributed by atoms with Crippen LogP contribution < -0.4 is 0 Å². The van der Waals surface area contributed by atoms with Crippen molar-refractivity contribution < 1.29 is 0 Å². The number of fused-ring (bicyclic) bond motifs is 8. The molecule has 0 amide bonds. The third-order valence-corrected chi connectivity index (χ3v) is 5.22. The van der Waals surface area contributed by atoms with E-state index in [0.29, 0.717) is 0 Å². The molecule has 1 saturated heterocycles. The highest BCUT2D eigenvalue weighted by atomic mass is 32.2. The molecule has 0 nitrogen and oxygen atoms in total. The monoisotopic (exact) mass is 174 g/mol. The van der Waals surface area contributed by atoms with Crippen LogP contribution in [0, 0.1) is 0 Å². The lowest BCUT2D eigenvalue weighted by molar-refractivity contribution is 0.759. The van der Waals surface area contributed by atoms with Crippen LogP contribution in [0.4, 0.5) is 0 Å². The SMILES string of the molecule is c1ccc2c(c1)[C@H]1C[C@@H]2[C@@H]2S[C@@H]21. The molecule has 1 aromatic rings. The Kier molecular flexibility index (Phi) is 0.884. The lowest BCUT2D eigenvalue weighted by Crippen LogP contribution is -2.06. The Morgan fingerprint density at radius 1 is 1.00 bits per heavy atom. The Hall–Kier alpha value is -0.430. The maximum absolute atomic E-state index is 2.34. The van der Waals surface area contributed by atoms with Crippen molar-refractivity contribution in [2.75, 3.05) is 0 Å². The highest BCUT2D eigenvalue weighted by Gasteiger charge is 2.60. The van der Waals surface area contributed by atoms with Crippen LogP contribution in [0.5, 0.6) is 0 Å². The number of rotatable bonds is 0. The van der Waals surface area contributed by atoms with E-state index in [-0.39, 0.29) is 0 Å². The van der Waals surface area contributed by atoms with Crippen LogP contribution in [-0.4, -0.2) is 10.5 Å². The van der Waals surface area contributed by atoms with Crippen LogP contribution in [0.15, 0.2) is 24.3 Å². The fraction of sp³-hybridized carbons (Fsp3) is 0.455. The Balaban J connectivity index is 2.01. The quantitative estimate of drug-likeness (QED) is 0.545. The summed E-state index contributed by atoms with van der Waals surface area (Å²) >= 11 is 2.21. The first kappa shape index (κ1) is 6.09. The van der Waals surface area contributed by atoms with Gasteiger partial charge in [-0.1, -0.05) is 24.3 Å². The standard InChI is InChI=1S/C11H10S/c1-2-4-7-6(3-1)8-5-9(7)11-10(8)12-11/h1-4,8-11H,5H2/t8-,9+,10-,11+. The van der Waals surface area contributed by atoms with Gasteiger partial charge in [0, 0.05) is 10.5 Å². The second kappa shape index (κ2) is 1.74. The Morgan fingerprint density at radius 3 is 2.17 bits per heavy atom. The third kappa shape index (κ3) is 0.526. The second-order valence-electron chi connectivity index (χ2n) is 4.14. The minimum atomic E-state index is 0.932. The van der Waals surface area contributed by atoms with Gasteiger partial charge >= 0.3 is 0 Å². The van der Waals surface area contributed by atoms with Crippen molar-refractivity contribution in [3.8, 4) is 0 Å². The van der Waals surface area contributed by atoms with Crippen LogP contribution in [0.25, 0.3) is 0 Å². The largest absolute Gasteiger partial charge is 0.152 e. The van der Waals surface area contributed by atoms with E-state index in [1.54, 1.807) is 11.1 Å². The summed E-state index contributed by atoms with van der Waals surface area (Å²) in [6.45, 7) is 0. The molecule has 12 heavy (non-hydrogen) atoms. The molecule has 1 heteroatoms. The summed E-state index contributed by atoms with van der Waals surface area (Å²) in [7, 11) is 0. The van der Waals surface area contributed by atoms with Gasteiger partial charge in [-0.25, -0.2) is 0 Å². The maximum atomic E-state index is 2.34. The fourth-order valence-corrected chi connectivity index (χ4v) is 4.67. The zero-order chi connectivity index (χ0) is 7.71. The molecule has 2 aliphatic carbocycles. The maximum Gasteiger partial charge on any atom is 0.0244 e. The minimum absolute atomic E-state index is 0.932. The lowest BCUT2D eigenvalue weighted by atomic mass is 9.92. The van der Waals surface area contributed by atoms with Gasteiger partial charge in [-0.05, 0) is 29.4 Å². The van der Waals surface area contributed by atoms with E-state index >= 15 is 0 Å². The molecule has 4 atom stereocenters. The Morgan fingerprint density at radius 2 is 1.58 bits per heavy atom. The summed E-state index contributed by atoms with van der Waals surface area (Å²) in [5.74, 6) is 1.86. The van der Waals surface area contributed by atoms with Crippen LogP contribution in [0.1, 0.15) is 29.4 Å². The molecule has 3 aliphatic rings. The molecule has 0 aromatic heterocycles. The number of benzene rings is 1. The Bertz CT molecular complexity index is 325. The summed E-state index contributed by atoms with van der Waals surface area (Å²) < 4.78 is 0. The first-order valence-electron chi connectivity index (χ1n) is 4.69. The van der Waals surface area contributed by atoms with Gasteiger partial charge in [0.1, 0.15) is 0 Å². The molecular formula is C11H10S. The molecule has 1 aromatic carbocycles. The van der Waals surface area contributed by atoms with Crippen molar-refractivity contribution >= 4 is 11.8 Å². The summed E-state index contributed by atoms with van der Waals surface area (Å²) in [6.07, 6.45) is 1.46. The average Bonchev–Trinajstić information content (AvgIpc) is 2.74. The lowest BCUT2D eigenvalue weighted by Gasteiger charge is -2.11. The van der Waals surface area contributed by atoms with Crippen molar-refractivity contribution in [2.24, 2.45) is 0 Å². The van der Waals surface area contributed by atoms with E-state index in [2.05, 4.69) is 36.0 Å². The normalized spacial score (nSPS) is 45.7. The molecule has 0 spiro atoms. The highest BCUT2D eigenvalue weighted by molar-refractivity contribution is 8.07. The van der Waals surface area contributed by atoms with Crippen LogP contribution in [0.2, 0.25) is 0 Å². The molecule has 60 valence electrons. The van der Waals surface area contributed by atoms with Gasteiger partial charge in [0.05, 0.1) is 0 Å². The molecule has 1 heterocycles. The summed E-state index contributed by atoms with van der Waals surface area (Å²) in [5, 5.41) is 2.04. The van der Waals surface area contributed by atoms with Crippen molar-refractivity contribution in [1.29, 1.82) is 0 Å². The highest BCUT2D eigenvalue weighted by Crippen LogP contribution is 2.70. The van der Waals surface area contributed by atoms with Gasteiger partial charge in [-0.15, -0.1) is 0 Å². The molecule has 1 saturated carbocycles. The predicted molar refractivity (Wildman–Crippen MR) is 51.7 cm³/mol. The molecular weight excluding hydrogens is 164 g/mol. The van der Waals surface area contributed by atoms with Crippen molar-refractivity contribution in [1.82, 2.24) is 0 Å². The predicted octanol–water partition coefficient (Wildman–Crippen LogP) is 2.76. The summed E-state index contributed by atoms with van der Waals surface area (Å²) in [5.41, 5.74) is 3.35. The number of hydrogen-bond donors (Lipinski definition) is 0. The smallest absolute Gasteiger partial charge is 0.0244 e. The zero-order valence-electron chi connectivity index (χ0n) is 6.73. The van der Waals surface area contributed by atoms with Crippen molar-refractivity contribution in [2.45, 2.75) is 28.8 Å². The summed E-state index contributed by atoms with van der Waals surface area (Å²) in [6, 6.07) is 9.08. The van der Waals surface area contributed by atoms with Gasteiger partial charge in [0.15, 0.2) is 0 Å². The molecule has 0 radical (unpaired) electrons. The van der Waals surface area contributed by atoms with Crippen LogP contribution in [0.3, 0.4) is 0 Å². The topological polar surface area (TPSA) is 0 Å². The van der Waals surface area contributed by atoms with Crippen molar-refractivity contribution in [3.05, 3.63) is 35.4 Å². The first-order valence-corrected chi connectivity index (χ1v) is 5.64. The van der Waals surface area contributed by atoms with Gasteiger partial charge < -0.3 is 0 Å². The molecule has 4 rings (SSSR count). The van der Waals surface area contributed by atoms with E-state index in [1.807, 2.05) is 0 Å². The van der Waals surface area contributed by atoms with Crippen molar-refractivity contribution in [3.63, 3.8) is 0 Å². The van der Waals surface area contributed by atoms with E-state index in [0.717, 1.165) is 22.3 Å². The first-order chi connectivity index (χ1) is 5.95. The van der Waals surface area contributed by atoms with E-state index < -0.39 is 0 Å². The van der Waals surface area contributed by atoms with E-state index in [9.17, 15) is 0 Å². The molecule has 0 N–H and O–H groups in total. The molecule has 1 aliphatic heterocycles. The van der Waals surface area contributed by atoms with Crippen LogP contribution >= 0.6 is 11.8 Å². The Labute approximate surface area is 76.4 Å². The van der Waals surface area contributed by atoms with Gasteiger partial charge in [0.25, 0.3) is 0 Å². The number of hydrogen-bond acceptors (Lipinski definition) is 1.